The van der Waals surface area contributed by atoms with Crippen molar-refractivity contribution in [2.24, 2.45) is 5.73 Å². The van der Waals surface area contributed by atoms with Crippen molar-refractivity contribution in [2.75, 3.05) is 7.05 Å². The lowest BCUT2D eigenvalue weighted by molar-refractivity contribution is 0.129. The van der Waals surface area contributed by atoms with Crippen LogP contribution in [0.5, 0.6) is 0 Å². The van der Waals surface area contributed by atoms with Crippen LogP contribution in [-0.4, -0.2) is 34.3 Å². The highest BCUT2D eigenvalue weighted by atomic mass is 16.6. The molecule has 5 nitrogen and oxygen atoms in total. The molecule has 78 valence electrons. The van der Waals surface area contributed by atoms with E-state index in [1.54, 1.807) is 0 Å². The Balaban J connectivity index is 1.89. The van der Waals surface area contributed by atoms with E-state index in [2.05, 4.69) is 26.9 Å². The zero-order valence-corrected chi connectivity index (χ0v) is 8.60. The van der Waals surface area contributed by atoms with E-state index in [9.17, 15) is 0 Å². The van der Waals surface area contributed by atoms with Crippen molar-refractivity contribution >= 4 is 0 Å². The van der Waals surface area contributed by atoms with Gasteiger partial charge < -0.3 is 5.73 Å². The van der Waals surface area contributed by atoms with E-state index in [0.717, 1.165) is 30.8 Å². The lowest BCUT2D eigenvalue weighted by Crippen LogP contribution is -2.48. The molecule has 1 aromatic heterocycles. The SMILES string of the molecule is Cc1nonc1CN(C)C1CC(N)C1. The van der Waals surface area contributed by atoms with Crippen molar-refractivity contribution in [3.8, 4) is 0 Å². The summed E-state index contributed by atoms with van der Waals surface area (Å²) in [6, 6.07) is 0.986. The molecule has 0 unspecified atom stereocenters. The predicted octanol–water partition coefficient (Wildman–Crippen LogP) is 0.300. The van der Waals surface area contributed by atoms with Gasteiger partial charge in [0.2, 0.25) is 0 Å². The molecule has 0 amide bonds. The Morgan fingerprint density at radius 1 is 1.50 bits per heavy atom. The zero-order valence-electron chi connectivity index (χ0n) is 8.60. The molecule has 0 radical (unpaired) electrons. The minimum Gasteiger partial charge on any atom is -0.328 e. The molecule has 1 aromatic rings. The quantitative estimate of drug-likeness (QED) is 0.753. The molecule has 2 rings (SSSR count). The average Bonchev–Trinajstić information content (AvgIpc) is 2.46. The Labute approximate surface area is 83.2 Å². The molecule has 2 N–H and O–H groups in total. The Morgan fingerprint density at radius 3 is 2.71 bits per heavy atom. The summed E-state index contributed by atoms with van der Waals surface area (Å²) in [6.45, 7) is 2.71. The van der Waals surface area contributed by atoms with Gasteiger partial charge in [0.25, 0.3) is 0 Å². The lowest BCUT2D eigenvalue weighted by Gasteiger charge is -2.39. The molecule has 0 bridgehead atoms. The molecule has 14 heavy (non-hydrogen) atoms. The number of nitrogens with two attached hydrogens (primary N) is 1. The minimum atomic E-state index is 0.388. The van der Waals surface area contributed by atoms with Crippen LogP contribution in [-0.2, 0) is 6.54 Å². The topological polar surface area (TPSA) is 68.2 Å². The first kappa shape index (κ1) is 9.61. The van der Waals surface area contributed by atoms with Gasteiger partial charge in [-0.3, -0.25) is 4.90 Å². The lowest BCUT2D eigenvalue weighted by atomic mass is 9.86. The van der Waals surface area contributed by atoms with Gasteiger partial charge in [-0.1, -0.05) is 10.3 Å². The summed E-state index contributed by atoms with van der Waals surface area (Å²) >= 11 is 0. The standard InChI is InChI=1S/C9H16N4O/c1-6-9(12-14-11-6)5-13(2)8-3-7(10)4-8/h7-8H,3-5,10H2,1-2H3. The van der Waals surface area contributed by atoms with Gasteiger partial charge >= 0.3 is 0 Å². The molecule has 1 heterocycles. The molecule has 0 aromatic carbocycles. The second-order valence-electron chi connectivity index (χ2n) is 4.10. The fraction of sp³-hybridized carbons (Fsp3) is 0.778. The first-order valence-electron chi connectivity index (χ1n) is 4.90. The third-order valence-electron chi connectivity index (χ3n) is 2.92. The summed E-state index contributed by atoms with van der Waals surface area (Å²) in [4.78, 5) is 2.26. The highest BCUT2D eigenvalue weighted by Crippen LogP contribution is 2.24. The summed E-state index contributed by atoms with van der Waals surface area (Å²) in [5.41, 5.74) is 7.54. The van der Waals surface area contributed by atoms with Crippen molar-refractivity contribution in [3.63, 3.8) is 0 Å². The van der Waals surface area contributed by atoms with Crippen molar-refractivity contribution in [3.05, 3.63) is 11.4 Å². The van der Waals surface area contributed by atoms with E-state index in [1.807, 2.05) is 6.92 Å². The van der Waals surface area contributed by atoms with Gasteiger partial charge in [-0.25, -0.2) is 4.63 Å². The van der Waals surface area contributed by atoms with Crippen molar-refractivity contribution in [2.45, 2.75) is 38.4 Å². The molecule has 1 aliphatic carbocycles. The van der Waals surface area contributed by atoms with Gasteiger partial charge in [-0.15, -0.1) is 0 Å². The van der Waals surface area contributed by atoms with Crippen molar-refractivity contribution in [1.29, 1.82) is 0 Å². The highest BCUT2D eigenvalue weighted by Gasteiger charge is 2.29. The van der Waals surface area contributed by atoms with Crippen LogP contribution in [0.1, 0.15) is 24.2 Å². The van der Waals surface area contributed by atoms with E-state index in [-0.39, 0.29) is 0 Å². The molecule has 1 saturated carbocycles. The molecule has 1 aliphatic rings. The molecular formula is C9H16N4O. The Kier molecular flexibility index (Phi) is 2.52. The van der Waals surface area contributed by atoms with Crippen LogP contribution in [0, 0.1) is 6.92 Å². The number of hydrogen-bond acceptors (Lipinski definition) is 5. The van der Waals surface area contributed by atoms with E-state index in [0.29, 0.717) is 12.1 Å². The minimum absolute atomic E-state index is 0.388. The van der Waals surface area contributed by atoms with Gasteiger partial charge in [-0.2, -0.15) is 0 Å². The normalized spacial score (nSPS) is 26.6. The Hall–Kier alpha value is -0.940. The molecule has 5 heteroatoms. The van der Waals surface area contributed by atoms with Crippen LogP contribution < -0.4 is 5.73 Å². The van der Waals surface area contributed by atoms with Gasteiger partial charge in [0.15, 0.2) is 0 Å². The maximum Gasteiger partial charge on any atom is 0.122 e. The van der Waals surface area contributed by atoms with Gasteiger partial charge in [0.1, 0.15) is 11.4 Å². The molecule has 0 saturated heterocycles. The third kappa shape index (κ3) is 1.78. The van der Waals surface area contributed by atoms with Gasteiger partial charge in [0, 0.05) is 18.6 Å². The first-order chi connectivity index (χ1) is 6.66. The number of aromatic nitrogens is 2. The Morgan fingerprint density at radius 2 is 2.21 bits per heavy atom. The summed E-state index contributed by atoms with van der Waals surface area (Å²) in [5.74, 6) is 0. The van der Waals surface area contributed by atoms with Gasteiger partial charge in [0.05, 0.1) is 0 Å². The molecule has 0 aliphatic heterocycles. The predicted molar refractivity (Wildman–Crippen MR) is 51.5 cm³/mol. The maximum atomic E-state index is 5.74. The van der Waals surface area contributed by atoms with E-state index in [4.69, 9.17) is 5.73 Å². The third-order valence-corrected chi connectivity index (χ3v) is 2.92. The number of nitrogens with zero attached hydrogens (tertiary/aromatic N) is 3. The van der Waals surface area contributed by atoms with Crippen LogP contribution in [0.25, 0.3) is 0 Å². The van der Waals surface area contributed by atoms with Crippen LogP contribution >= 0.6 is 0 Å². The zero-order chi connectivity index (χ0) is 10.1. The summed E-state index contributed by atoms with van der Waals surface area (Å²) in [7, 11) is 2.09. The monoisotopic (exact) mass is 196 g/mol. The summed E-state index contributed by atoms with van der Waals surface area (Å²) < 4.78 is 4.65. The van der Waals surface area contributed by atoms with E-state index < -0.39 is 0 Å². The summed E-state index contributed by atoms with van der Waals surface area (Å²) in [6.07, 6.45) is 2.17. The number of aryl methyl sites for hydroxylation is 1. The largest absolute Gasteiger partial charge is 0.328 e. The summed E-state index contributed by atoms with van der Waals surface area (Å²) in [5, 5.41) is 7.61. The van der Waals surface area contributed by atoms with Crippen molar-refractivity contribution in [1.82, 2.24) is 15.2 Å². The van der Waals surface area contributed by atoms with Crippen molar-refractivity contribution < 1.29 is 4.63 Å². The fourth-order valence-electron chi connectivity index (χ4n) is 1.75. The van der Waals surface area contributed by atoms with E-state index >= 15 is 0 Å². The molecule has 0 atom stereocenters. The smallest absolute Gasteiger partial charge is 0.122 e. The highest BCUT2D eigenvalue weighted by molar-refractivity contribution is 5.05. The molecular weight excluding hydrogens is 180 g/mol. The van der Waals surface area contributed by atoms with Crippen LogP contribution in [0.2, 0.25) is 0 Å². The van der Waals surface area contributed by atoms with Crippen LogP contribution in [0.3, 0.4) is 0 Å². The second-order valence-corrected chi connectivity index (χ2v) is 4.10. The number of hydrogen-bond donors (Lipinski definition) is 1. The van der Waals surface area contributed by atoms with Crippen LogP contribution in [0.4, 0.5) is 0 Å². The van der Waals surface area contributed by atoms with E-state index in [1.165, 1.54) is 0 Å². The second kappa shape index (κ2) is 3.67. The Bertz CT molecular complexity index is 306. The molecule has 0 spiro atoms. The molecule has 1 fully saturated rings. The number of rotatable bonds is 3. The maximum absolute atomic E-state index is 5.74. The first-order valence-corrected chi connectivity index (χ1v) is 4.90. The fourth-order valence-corrected chi connectivity index (χ4v) is 1.75. The van der Waals surface area contributed by atoms with Crippen LogP contribution in [0.15, 0.2) is 4.63 Å². The average molecular weight is 196 g/mol. The van der Waals surface area contributed by atoms with Gasteiger partial charge in [-0.05, 0) is 26.8 Å².